The molecule has 0 atom stereocenters. The molecule has 3 rings (SSSR count). The molecule has 0 saturated heterocycles. The maximum Gasteiger partial charge on any atom is 0.227 e. The summed E-state index contributed by atoms with van der Waals surface area (Å²) in [5, 5.41) is 8.54. The summed E-state index contributed by atoms with van der Waals surface area (Å²) in [7, 11) is -2.30. The van der Waals surface area contributed by atoms with Gasteiger partial charge in [0.1, 0.15) is 11.4 Å². The van der Waals surface area contributed by atoms with E-state index in [1.54, 1.807) is 30.3 Å². The molecule has 0 bridgehead atoms. The number of nitrogens with zero attached hydrogens (tertiary/aromatic N) is 3. The predicted octanol–water partition coefficient (Wildman–Crippen LogP) is 4.62. The fourth-order valence-electron chi connectivity index (χ4n) is 3.07. The molecule has 0 amide bonds. The molecular weight excluding hydrogens is 410 g/mol. The van der Waals surface area contributed by atoms with E-state index in [4.69, 9.17) is 16.3 Å². The maximum atomic E-state index is 13.3. The summed E-state index contributed by atoms with van der Waals surface area (Å²) < 4.78 is 33.4. The van der Waals surface area contributed by atoms with Crippen LogP contribution in [0.25, 0.3) is 5.69 Å². The van der Waals surface area contributed by atoms with Crippen LogP contribution in [0.15, 0.2) is 52.4 Å². The van der Waals surface area contributed by atoms with E-state index in [9.17, 15) is 8.42 Å². The molecule has 8 heteroatoms. The molecule has 1 aromatic heterocycles. The number of sulfone groups is 1. The highest BCUT2D eigenvalue weighted by Crippen LogP contribution is 2.31. The molecule has 0 radical (unpaired) electrons. The summed E-state index contributed by atoms with van der Waals surface area (Å²) in [6, 6.07) is 12.0. The number of hydrogen-bond acceptors (Lipinski definition) is 5. The van der Waals surface area contributed by atoms with Gasteiger partial charge in [-0.15, -0.1) is 5.10 Å². The third-order valence-electron chi connectivity index (χ3n) is 4.72. The Kier molecular flexibility index (Phi) is 5.74. The molecule has 0 N–H and O–H groups in total. The van der Waals surface area contributed by atoms with Crippen LogP contribution in [0, 0.1) is 0 Å². The Morgan fingerprint density at radius 1 is 1.10 bits per heavy atom. The lowest BCUT2D eigenvalue weighted by Crippen LogP contribution is -2.12. The Morgan fingerprint density at radius 2 is 1.76 bits per heavy atom. The second kappa shape index (κ2) is 7.80. The first-order valence-electron chi connectivity index (χ1n) is 9.23. The number of halogens is 1. The van der Waals surface area contributed by atoms with Crippen molar-refractivity contribution in [2.75, 3.05) is 7.11 Å². The van der Waals surface area contributed by atoms with Gasteiger partial charge in [0.05, 0.1) is 17.7 Å². The first kappa shape index (κ1) is 21.3. The van der Waals surface area contributed by atoms with E-state index in [2.05, 4.69) is 31.1 Å². The smallest absolute Gasteiger partial charge is 0.227 e. The van der Waals surface area contributed by atoms with E-state index in [1.165, 1.54) is 11.8 Å². The van der Waals surface area contributed by atoms with Crippen molar-refractivity contribution in [3.8, 4) is 11.4 Å². The molecule has 3 aromatic rings. The lowest BCUT2D eigenvalue weighted by molar-refractivity contribution is 0.411. The van der Waals surface area contributed by atoms with Crippen LogP contribution in [0.1, 0.15) is 39.0 Å². The molecule has 0 fully saturated rings. The van der Waals surface area contributed by atoms with Gasteiger partial charge in [-0.05, 0) is 47.7 Å². The summed E-state index contributed by atoms with van der Waals surface area (Å²) in [5.74, 6) is 0.521. The molecule has 0 aliphatic rings. The van der Waals surface area contributed by atoms with Gasteiger partial charge in [0.25, 0.3) is 0 Å². The van der Waals surface area contributed by atoms with Gasteiger partial charge in [-0.1, -0.05) is 56.6 Å². The van der Waals surface area contributed by atoms with Crippen LogP contribution in [0.5, 0.6) is 5.75 Å². The predicted molar refractivity (Wildman–Crippen MR) is 113 cm³/mol. The first-order chi connectivity index (χ1) is 13.6. The van der Waals surface area contributed by atoms with E-state index < -0.39 is 9.84 Å². The molecule has 0 spiro atoms. The Morgan fingerprint density at radius 3 is 2.31 bits per heavy atom. The lowest BCUT2D eigenvalue weighted by atomic mass is 9.87. The zero-order valence-corrected chi connectivity index (χ0v) is 18.7. The summed E-state index contributed by atoms with van der Waals surface area (Å²) in [6.45, 7) is 8.09. The molecule has 6 nitrogen and oxygen atoms in total. The van der Waals surface area contributed by atoms with E-state index in [0.29, 0.717) is 28.6 Å². The van der Waals surface area contributed by atoms with Crippen molar-refractivity contribution < 1.29 is 13.2 Å². The average molecular weight is 434 g/mol. The first-order valence-corrected chi connectivity index (χ1v) is 11.1. The minimum Gasteiger partial charge on any atom is -0.494 e. The summed E-state index contributed by atoms with van der Waals surface area (Å²) >= 11 is 6.13. The number of methoxy groups -OCH3 is 1. The second-order valence-corrected chi connectivity index (χ2v) is 10.0. The normalized spacial score (nSPS) is 12.2. The highest BCUT2D eigenvalue weighted by Gasteiger charge is 2.28. The van der Waals surface area contributed by atoms with Crippen molar-refractivity contribution in [1.82, 2.24) is 15.0 Å². The number of rotatable bonds is 5. The molecule has 0 saturated carbocycles. The van der Waals surface area contributed by atoms with Gasteiger partial charge in [0.2, 0.25) is 14.9 Å². The van der Waals surface area contributed by atoms with Crippen molar-refractivity contribution in [1.29, 1.82) is 0 Å². The third kappa shape index (κ3) is 4.02. The summed E-state index contributed by atoms with van der Waals surface area (Å²) in [6.07, 6.45) is 0.414. The van der Waals surface area contributed by atoms with E-state index in [1.807, 2.05) is 19.1 Å². The van der Waals surface area contributed by atoms with Gasteiger partial charge in [-0.25, -0.2) is 13.1 Å². The summed E-state index contributed by atoms with van der Waals surface area (Å²) in [5.41, 5.74) is 1.99. The van der Waals surface area contributed by atoms with E-state index in [0.717, 1.165) is 5.56 Å². The molecular formula is C21H24ClN3O3S. The van der Waals surface area contributed by atoms with E-state index in [-0.39, 0.29) is 15.3 Å². The molecule has 1 heterocycles. The van der Waals surface area contributed by atoms with Crippen LogP contribution in [0.2, 0.25) is 5.02 Å². The Labute approximate surface area is 176 Å². The number of hydrogen-bond donors (Lipinski definition) is 0. The Hall–Kier alpha value is -2.38. The zero-order valence-electron chi connectivity index (χ0n) is 17.1. The van der Waals surface area contributed by atoms with Crippen LogP contribution in [0.4, 0.5) is 0 Å². The minimum atomic E-state index is -3.83. The molecule has 0 aliphatic carbocycles. The molecule has 154 valence electrons. The van der Waals surface area contributed by atoms with Gasteiger partial charge in [-0.3, -0.25) is 0 Å². The Balaban J connectivity index is 2.12. The largest absolute Gasteiger partial charge is 0.494 e. The molecule has 2 aromatic carbocycles. The average Bonchev–Trinajstić information content (AvgIpc) is 3.12. The topological polar surface area (TPSA) is 74.1 Å². The lowest BCUT2D eigenvalue weighted by Gasteiger charge is -2.19. The second-order valence-electron chi connectivity index (χ2n) is 7.70. The van der Waals surface area contributed by atoms with Crippen LogP contribution in [-0.4, -0.2) is 30.5 Å². The highest BCUT2D eigenvalue weighted by atomic mass is 35.5. The maximum absolute atomic E-state index is 13.3. The third-order valence-corrected chi connectivity index (χ3v) is 6.67. The van der Waals surface area contributed by atoms with Gasteiger partial charge >= 0.3 is 0 Å². The van der Waals surface area contributed by atoms with Crippen LogP contribution >= 0.6 is 11.6 Å². The van der Waals surface area contributed by atoms with Crippen LogP contribution < -0.4 is 4.74 Å². The fraction of sp³-hybridized carbons (Fsp3) is 0.333. The standard InChI is InChI=1S/C21H24ClN3O3S/c1-6-17-20(23-24-25(17)18-13-15(22)9-12-19(18)28-5)29(26,27)16-10-7-14(8-11-16)21(2,3)4/h7-13H,6H2,1-5H3. The van der Waals surface area contributed by atoms with Crippen molar-refractivity contribution in [2.45, 2.75) is 49.5 Å². The zero-order chi connectivity index (χ0) is 21.4. The number of ether oxygens (including phenoxy) is 1. The van der Waals surface area contributed by atoms with Gasteiger partial charge in [-0.2, -0.15) is 0 Å². The molecule has 0 aliphatic heterocycles. The van der Waals surface area contributed by atoms with Crippen molar-refractivity contribution in [3.05, 3.63) is 58.7 Å². The summed E-state index contributed by atoms with van der Waals surface area (Å²) in [4.78, 5) is 0.185. The van der Waals surface area contributed by atoms with Crippen molar-refractivity contribution >= 4 is 21.4 Å². The minimum absolute atomic E-state index is 0.0643. The molecule has 0 unspecified atom stereocenters. The van der Waals surface area contributed by atoms with Gasteiger partial charge < -0.3 is 4.74 Å². The number of aromatic nitrogens is 3. The van der Waals surface area contributed by atoms with Gasteiger partial charge in [0.15, 0.2) is 0 Å². The van der Waals surface area contributed by atoms with Crippen molar-refractivity contribution in [2.24, 2.45) is 0 Å². The quantitative estimate of drug-likeness (QED) is 0.586. The van der Waals surface area contributed by atoms with Crippen molar-refractivity contribution in [3.63, 3.8) is 0 Å². The van der Waals surface area contributed by atoms with E-state index >= 15 is 0 Å². The fourth-order valence-corrected chi connectivity index (χ4v) is 4.63. The van der Waals surface area contributed by atoms with Crippen LogP contribution in [0.3, 0.4) is 0 Å². The van der Waals surface area contributed by atoms with Crippen LogP contribution in [-0.2, 0) is 21.7 Å². The Bertz CT molecular complexity index is 1130. The highest BCUT2D eigenvalue weighted by molar-refractivity contribution is 7.91. The SMILES string of the molecule is CCc1c(S(=O)(=O)c2ccc(C(C)(C)C)cc2)nnn1-c1cc(Cl)ccc1OC. The number of benzene rings is 2. The molecule has 29 heavy (non-hydrogen) atoms. The monoisotopic (exact) mass is 433 g/mol. The van der Waals surface area contributed by atoms with Gasteiger partial charge in [0, 0.05) is 5.02 Å².